The number of hydrogen-bond acceptors (Lipinski definition) is 1. The highest BCUT2D eigenvalue weighted by atomic mass is 19.1. The quantitative estimate of drug-likeness (QED) is 0.756. The molecule has 1 nitrogen and oxygen atoms in total. The zero-order chi connectivity index (χ0) is 11.8. The van der Waals surface area contributed by atoms with Crippen molar-refractivity contribution in [2.75, 3.05) is 13.1 Å². The van der Waals surface area contributed by atoms with Crippen LogP contribution in [0.15, 0.2) is 24.3 Å². The molecule has 0 amide bonds. The van der Waals surface area contributed by atoms with Crippen molar-refractivity contribution in [3.8, 4) is 0 Å². The second-order valence-electron chi connectivity index (χ2n) is 5.59. The summed E-state index contributed by atoms with van der Waals surface area (Å²) in [5.74, 6) is 1.17. The average molecular weight is 233 g/mol. The van der Waals surface area contributed by atoms with E-state index >= 15 is 0 Å². The van der Waals surface area contributed by atoms with E-state index in [2.05, 4.69) is 11.8 Å². The van der Waals surface area contributed by atoms with Crippen molar-refractivity contribution in [3.63, 3.8) is 0 Å². The van der Waals surface area contributed by atoms with Gasteiger partial charge in [0.25, 0.3) is 0 Å². The zero-order valence-electron chi connectivity index (χ0n) is 10.4. The number of rotatable bonds is 2. The summed E-state index contributed by atoms with van der Waals surface area (Å²) >= 11 is 0. The SMILES string of the molecule is C[C@@H](c1ccccc1F)[C@@H]1CC2CCN1CC2. The minimum absolute atomic E-state index is 0.0392. The molecule has 2 bridgehead atoms. The molecule has 0 saturated carbocycles. The molecule has 3 saturated heterocycles. The lowest BCUT2D eigenvalue weighted by atomic mass is 9.77. The van der Waals surface area contributed by atoms with Crippen LogP contribution in [0.2, 0.25) is 0 Å². The van der Waals surface area contributed by atoms with Crippen LogP contribution in [0.1, 0.15) is 37.7 Å². The van der Waals surface area contributed by atoms with Crippen molar-refractivity contribution in [2.45, 2.75) is 38.1 Å². The van der Waals surface area contributed by atoms with Gasteiger partial charge in [-0.25, -0.2) is 4.39 Å². The molecule has 3 aliphatic rings. The number of fused-ring (bicyclic) bond motifs is 3. The third-order valence-electron chi connectivity index (χ3n) is 4.67. The van der Waals surface area contributed by atoms with Crippen LogP contribution in [0.5, 0.6) is 0 Å². The predicted octanol–water partition coefficient (Wildman–Crippen LogP) is 3.41. The summed E-state index contributed by atoms with van der Waals surface area (Å²) in [5, 5.41) is 0. The van der Waals surface area contributed by atoms with Gasteiger partial charge in [0.2, 0.25) is 0 Å². The van der Waals surface area contributed by atoms with Crippen LogP contribution in [-0.4, -0.2) is 24.0 Å². The summed E-state index contributed by atoms with van der Waals surface area (Å²) in [6, 6.07) is 7.81. The van der Waals surface area contributed by atoms with Gasteiger partial charge in [0, 0.05) is 6.04 Å². The lowest BCUT2D eigenvalue weighted by molar-refractivity contribution is 0.0372. The molecule has 92 valence electrons. The Kier molecular flexibility index (Phi) is 2.91. The molecular weight excluding hydrogens is 213 g/mol. The van der Waals surface area contributed by atoms with Crippen LogP contribution in [-0.2, 0) is 0 Å². The first-order chi connectivity index (χ1) is 8.25. The van der Waals surface area contributed by atoms with Crippen LogP contribution in [0.25, 0.3) is 0 Å². The molecule has 0 spiro atoms. The minimum atomic E-state index is -0.0392. The summed E-state index contributed by atoms with van der Waals surface area (Å²) in [6.45, 7) is 4.62. The van der Waals surface area contributed by atoms with Crippen molar-refractivity contribution in [3.05, 3.63) is 35.6 Å². The van der Waals surface area contributed by atoms with Crippen molar-refractivity contribution in [1.29, 1.82) is 0 Å². The Labute approximate surface area is 103 Å². The molecule has 2 atom stereocenters. The van der Waals surface area contributed by atoms with Gasteiger partial charge >= 0.3 is 0 Å². The van der Waals surface area contributed by atoms with E-state index in [0.29, 0.717) is 12.0 Å². The molecule has 1 aromatic carbocycles. The van der Waals surface area contributed by atoms with E-state index in [1.807, 2.05) is 12.1 Å². The van der Waals surface area contributed by atoms with Crippen molar-refractivity contribution < 1.29 is 4.39 Å². The topological polar surface area (TPSA) is 3.24 Å². The molecule has 0 radical (unpaired) electrons. The Bertz CT molecular complexity index is 396. The normalized spacial score (nSPS) is 33.6. The van der Waals surface area contributed by atoms with Gasteiger partial charge in [0.15, 0.2) is 0 Å². The molecule has 0 unspecified atom stereocenters. The fourth-order valence-electron chi connectivity index (χ4n) is 3.58. The molecule has 0 aliphatic carbocycles. The lowest BCUT2D eigenvalue weighted by Gasteiger charge is -2.48. The van der Waals surface area contributed by atoms with Gasteiger partial charge in [-0.2, -0.15) is 0 Å². The minimum Gasteiger partial charge on any atom is -0.300 e. The van der Waals surface area contributed by atoms with Gasteiger partial charge in [0.1, 0.15) is 5.82 Å². The second-order valence-corrected chi connectivity index (χ2v) is 5.59. The molecule has 3 fully saturated rings. The highest BCUT2D eigenvalue weighted by Gasteiger charge is 2.37. The van der Waals surface area contributed by atoms with Crippen LogP contribution in [0.3, 0.4) is 0 Å². The van der Waals surface area contributed by atoms with Crippen molar-refractivity contribution >= 4 is 0 Å². The number of halogens is 1. The summed E-state index contributed by atoms with van der Waals surface area (Å²) in [5.41, 5.74) is 0.894. The van der Waals surface area contributed by atoms with Crippen LogP contribution >= 0.6 is 0 Å². The summed E-state index contributed by atoms with van der Waals surface area (Å²) in [4.78, 5) is 2.57. The van der Waals surface area contributed by atoms with Gasteiger partial charge in [-0.3, -0.25) is 4.90 Å². The first kappa shape index (κ1) is 11.2. The molecular formula is C15H20FN. The Hall–Kier alpha value is -0.890. The van der Waals surface area contributed by atoms with Gasteiger partial charge in [-0.05, 0) is 55.8 Å². The predicted molar refractivity (Wildman–Crippen MR) is 67.5 cm³/mol. The molecule has 17 heavy (non-hydrogen) atoms. The van der Waals surface area contributed by atoms with E-state index in [1.165, 1.54) is 32.4 Å². The Balaban J connectivity index is 1.83. The third-order valence-corrected chi connectivity index (χ3v) is 4.67. The Morgan fingerprint density at radius 1 is 1.24 bits per heavy atom. The second kappa shape index (κ2) is 4.41. The van der Waals surface area contributed by atoms with Crippen LogP contribution < -0.4 is 0 Å². The van der Waals surface area contributed by atoms with E-state index in [4.69, 9.17) is 0 Å². The number of benzene rings is 1. The Morgan fingerprint density at radius 3 is 2.53 bits per heavy atom. The summed E-state index contributed by atoms with van der Waals surface area (Å²) in [7, 11) is 0. The largest absolute Gasteiger partial charge is 0.300 e. The van der Waals surface area contributed by atoms with E-state index in [1.54, 1.807) is 12.1 Å². The number of hydrogen-bond donors (Lipinski definition) is 0. The highest BCUT2D eigenvalue weighted by Crippen LogP contribution is 2.38. The molecule has 3 aliphatic heterocycles. The maximum atomic E-state index is 13.8. The average Bonchev–Trinajstić information content (AvgIpc) is 2.40. The standard InChI is InChI=1S/C15H20FN/c1-11(13-4-2-3-5-14(13)16)15-10-12-6-8-17(15)9-7-12/h2-5,11-12,15H,6-10H2,1H3/t11-,15-/m0/s1. The van der Waals surface area contributed by atoms with Gasteiger partial charge < -0.3 is 0 Å². The van der Waals surface area contributed by atoms with Gasteiger partial charge in [0.05, 0.1) is 0 Å². The third kappa shape index (κ3) is 1.99. The van der Waals surface area contributed by atoms with E-state index < -0.39 is 0 Å². The molecule has 2 heteroatoms. The molecule has 4 rings (SSSR count). The highest BCUT2D eigenvalue weighted by molar-refractivity contribution is 5.23. The smallest absolute Gasteiger partial charge is 0.126 e. The maximum absolute atomic E-state index is 13.8. The van der Waals surface area contributed by atoms with Crippen LogP contribution in [0, 0.1) is 11.7 Å². The number of nitrogens with zero attached hydrogens (tertiary/aromatic N) is 1. The lowest BCUT2D eigenvalue weighted by Crippen LogP contribution is -2.50. The van der Waals surface area contributed by atoms with Gasteiger partial charge in [-0.15, -0.1) is 0 Å². The van der Waals surface area contributed by atoms with Crippen molar-refractivity contribution in [2.24, 2.45) is 5.92 Å². The van der Waals surface area contributed by atoms with Crippen LogP contribution in [0.4, 0.5) is 4.39 Å². The molecule has 1 aromatic rings. The maximum Gasteiger partial charge on any atom is 0.126 e. The monoisotopic (exact) mass is 233 g/mol. The van der Waals surface area contributed by atoms with E-state index in [9.17, 15) is 4.39 Å². The molecule has 0 aromatic heterocycles. The summed E-state index contributed by atoms with van der Waals surface area (Å²) in [6.07, 6.45) is 3.95. The van der Waals surface area contributed by atoms with Gasteiger partial charge in [-0.1, -0.05) is 25.1 Å². The molecule has 3 heterocycles. The first-order valence-electron chi connectivity index (χ1n) is 6.74. The molecule has 0 N–H and O–H groups in total. The number of piperidine rings is 3. The summed E-state index contributed by atoms with van der Waals surface area (Å²) < 4.78 is 13.8. The van der Waals surface area contributed by atoms with E-state index in [0.717, 1.165) is 11.5 Å². The first-order valence-corrected chi connectivity index (χ1v) is 6.74. The Morgan fingerprint density at radius 2 is 1.94 bits per heavy atom. The van der Waals surface area contributed by atoms with Crippen molar-refractivity contribution in [1.82, 2.24) is 4.90 Å². The zero-order valence-corrected chi connectivity index (χ0v) is 10.4. The van der Waals surface area contributed by atoms with E-state index in [-0.39, 0.29) is 5.82 Å². The fourth-order valence-corrected chi connectivity index (χ4v) is 3.58. The fraction of sp³-hybridized carbons (Fsp3) is 0.600.